The smallest absolute Gasteiger partial charge is 0.261 e. The molecule has 3 rings (SSSR count). The molecule has 0 bridgehead atoms. The molecule has 1 atom stereocenters. The average Bonchev–Trinajstić information content (AvgIpc) is 3.09. The molecule has 0 spiro atoms. The normalized spacial score (nSPS) is 18.7. The quantitative estimate of drug-likeness (QED) is 0.852. The molecule has 19 heavy (non-hydrogen) atoms. The minimum absolute atomic E-state index is 0.131. The van der Waals surface area contributed by atoms with Gasteiger partial charge < -0.3 is 14.0 Å². The van der Waals surface area contributed by atoms with Gasteiger partial charge in [-0.05, 0) is 18.6 Å². The van der Waals surface area contributed by atoms with Crippen molar-refractivity contribution in [2.45, 2.75) is 12.3 Å². The molecule has 100 valence electrons. The summed E-state index contributed by atoms with van der Waals surface area (Å²) in [6.07, 6.45) is 0.861. The van der Waals surface area contributed by atoms with E-state index in [-0.39, 0.29) is 23.1 Å². The van der Waals surface area contributed by atoms with Crippen LogP contribution in [-0.4, -0.2) is 30.5 Å². The molecule has 1 aliphatic rings. The summed E-state index contributed by atoms with van der Waals surface area (Å²) in [5.74, 6) is 0.517. The van der Waals surface area contributed by atoms with Crippen LogP contribution in [-0.2, 0) is 4.74 Å². The molecule has 0 saturated carbocycles. The molecule has 2 aromatic rings. The first kappa shape index (κ1) is 12.1. The summed E-state index contributed by atoms with van der Waals surface area (Å²) >= 11 is 0. The van der Waals surface area contributed by atoms with E-state index in [9.17, 15) is 4.39 Å². The maximum atomic E-state index is 14.1. The van der Waals surface area contributed by atoms with Gasteiger partial charge in [0.2, 0.25) is 0 Å². The highest BCUT2D eigenvalue weighted by Gasteiger charge is 2.24. The third-order valence-corrected chi connectivity index (χ3v) is 3.15. The van der Waals surface area contributed by atoms with Gasteiger partial charge in [0, 0.05) is 12.5 Å². The molecule has 0 radical (unpaired) electrons. The molecule has 1 fully saturated rings. The zero-order chi connectivity index (χ0) is 13.2. The van der Waals surface area contributed by atoms with E-state index in [4.69, 9.17) is 14.0 Å². The molecule has 1 unspecified atom stereocenters. The van der Waals surface area contributed by atoms with Gasteiger partial charge in [0.1, 0.15) is 0 Å². The van der Waals surface area contributed by atoms with E-state index in [0.717, 1.165) is 6.42 Å². The second-order valence-corrected chi connectivity index (χ2v) is 4.34. The lowest BCUT2D eigenvalue weighted by atomic mass is 10.1. The fourth-order valence-corrected chi connectivity index (χ4v) is 2.08. The Morgan fingerprint density at radius 3 is 3.05 bits per heavy atom. The fraction of sp³-hybridized carbons (Fsp3) is 0.385. The highest BCUT2D eigenvalue weighted by atomic mass is 19.1. The van der Waals surface area contributed by atoms with Gasteiger partial charge >= 0.3 is 0 Å². The molecule has 0 amide bonds. The van der Waals surface area contributed by atoms with Gasteiger partial charge in [-0.25, -0.2) is 4.39 Å². The summed E-state index contributed by atoms with van der Waals surface area (Å²) in [6, 6.07) is 4.81. The van der Waals surface area contributed by atoms with Gasteiger partial charge in [0.25, 0.3) is 5.89 Å². The summed E-state index contributed by atoms with van der Waals surface area (Å²) in [5.41, 5.74) is 0.247. The lowest BCUT2D eigenvalue weighted by Gasteiger charge is -2.03. The summed E-state index contributed by atoms with van der Waals surface area (Å²) in [4.78, 5) is 4.25. The van der Waals surface area contributed by atoms with Crippen LogP contribution >= 0.6 is 0 Å². The van der Waals surface area contributed by atoms with Crippen LogP contribution in [0.2, 0.25) is 0 Å². The number of hydrogen-bond acceptors (Lipinski definition) is 5. The molecule has 0 aliphatic carbocycles. The Bertz CT molecular complexity index is 579. The lowest BCUT2D eigenvalue weighted by Crippen LogP contribution is -1.99. The Labute approximate surface area is 109 Å². The van der Waals surface area contributed by atoms with Crippen LogP contribution in [0.5, 0.6) is 5.75 Å². The molecule has 1 aromatic carbocycles. The number of halogens is 1. The van der Waals surface area contributed by atoms with Crippen molar-refractivity contribution >= 4 is 0 Å². The van der Waals surface area contributed by atoms with Crippen LogP contribution in [0, 0.1) is 5.82 Å². The van der Waals surface area contributed by atoms with Crippen LogP contribution in [0.3, 0.4) is 0 Å². The van der Waals surface area contributed by atoms with Crippen molar-refractivity contribution in [3.63, 3.8) is 0 Å². The summed E-state index contributed by atoms with van der Waals surface area (Å²) in [6.45, 7) is 1.28. The molecule has 2 heterocycles. The standard InChI is InChI=1S/C13H13FN2O3/c1-17-10-4-2-3-9(11(10)14)13-15-12(16-19-13)8-5-6-18-7-8/h2-4,8H,5-7H2,1H3. The topological polar surface area (TPSA) is 57.4 Å². The molecular formula is C13H13FN2O3. The minimum Gasteiger partial charge on any atom is -0.494 e. The Kier molecular flexibility index (Phi) is 3.16. The molecule has 1 aromatic heterocycles. The minimum atomic E-state index is -0.497. The van der Waals surface area contributed by atoms with Crippen molar-refractivity contribution in [1.29, 1.82) is 0 Å². The summed E-state index contributed by atoms with van der Waals surface area (Å²) in [7, 11) is 1.41. The van der Waals surface area contributed by atoms with Crippen LogP contribution in [0.1, 0.15) is 18.2 Å². The van der Waals surface area contributed by atoms with Crippen molar-refractivity contribution in [3.8, 4) is 17.2 Å². The van der Waals surface area contributed by atoms with Gasteiger partial charge in [-0.15, -0.1) is 0 Å². The predicted octanol–water partition coefficient (Wildman–Crippen LogP) is 2.39. The van der Waals surface area contributed by atoms with Crippen LogP contribution in [0.4, 0.5) is 4.39 Å². The zero-order valence-electron chi connectivity index (χ0n) is 10.4. The van der Waals surface area contributed by atoms with Crippen molar-refractivity contribution < 1.29 is 18.4 Å². The van der Waals surface area contributed by atoms with Gasteiger partial charge in [-0.1, -0.05) is 11.2 Å². The third-order valence-electron chi connectivity index (χ3n) is 3.15. The number of benzene rings is 1. The number of rotatable bonds is 3. The first-order valence-corrected chi connectivity index (χ1v) is 6.04. The zero-order valence-corrected chi connectivity index (χ0v) is 10.4. The summed E-state index contributed by atoms with van der Waals surface area (Å²) < 4.78 is 29.4. The van der Waals surface area contributed by atoms with E-state index in [1.54, 1.807) is 18.2 Å². The number of hydrogen-bond donors (Lipinski definition) is 0. The van der Waals surface area contributed by atoms with E-state index < -0.39 is 5.82 Å². The van der Waals surface area contributed by atoms with E-state index in [1.165, 1.54) is 7.11 Å². The van der Waals surface area contributed by atoms with Gasteiger partial charge in [-0.2, -0.15) is 4.98 Å². The largest absolute Gasteiger partial charge is 0.494 e. The number of ether oxygens (including phenoxy) is 2. The summed E-state index contributed by atoms with van der Waals surface area (Å²) in [5, 5.41) is 3.90. The van der Waals surface area contributed by atoms with Gasteiger partial charge in [-0.3, -0.25) is 0 Å². The third kappa shape index (κ3) is 2.19. The highest BCUT2D eigenvalue weighted by molar-refractivity contribution is 5.57. The highest BCUT2D eigenvalue weighted by Crippen LogP contribution is 2.30. The van der Waals surface area contributed by atoms with Crippen molar-refractivity contribution in [2.24, 2.45) is 0 Å². The first-order chi connectivity index (χ1) is 9.29. The monoisotopic (exact) mass is 264 g/mol. The lowest BCUT2D eigenvalue weighted by molar-refractivity contribution is 0.192. The van der Waals surface area contributed by atoms with Crippen LogP contribution in [0.15, 0.2) is 22.7 Å². The van der Waals surface area contributed by atoms with Crippen molar-refractivity contribution in [2.75, 3.05) is 20.3 Å². The van der Waals surface area contributed by atoms with E-state index in [1.807, 2.05) is 0 Å². The van der Waals surface area contributed by atoms with Gasteiger partial charge in [0.15, 0.2) is 17.4 Å². The SMILES string of the molecule is COc1cccc(-c2nc(C3CCOC3)no2)c1F. The molecule has 0 N–H and O–H groups in total. The maximum absolute atomic E-state index is 14.1. The Hall–Kier alpha value is -1.95. The average molecular weight is 264 g/mol. The van der Waals surface area contributed by atoms with Gasteiger partial charge in [0.05, 0.1) is 19.3 Å². The fourth-order valence-electron chi connectivity index (χ4n) is 2.08. The number of methoxy groups -OCH3 is 1. The molecule has 1 aliphatic heterocycles. The van der Waals surface area contributed by atoms with E-state index >= 15 is 0 Å². The Morgan fingerprint density at radius 1 is 1.42 bits per heavy atom. The Morgan fingerprint density at radius 2 is 2.32 bits per heavy atom. The molecule has 5 nitrogen and oxygen atoms in total. The molecule has 6 heteroatoms. The van der Waals surface area contributed by atoms with Crippen molar-refractivity contribution in [1.82, 2.24) is 10.1 Å². The second kappa shape index (κ2) is 4.97. The van der Waals surface area contributed by atoms with Crippen LogP contribution in [0.25, 0.3) is 11.5 Å². The van der Waals surface area contributed by atoms with E-state index in [0.29, 0.717) is 19.0 Å². The number of nitrogens with zero attached hydrogens (tertiary/aromatic N) is 2. The maximum Gasteiger partial charge on any atom is 0.261 e. The van der Waals surface area contributed by atoms with Crippen molar-refractivity contribution in [3.05, 3.63) is 29.8 Å². The predicted molar refractivity (Wildman–Crippen MR) is 64.4 cm³/mol. The first-order valence-electron chi connectivity index (χ1n) is 6.04. The number of aromatic nitrogens is 2. The van der Waals surface area contributed by atoms with E-state index in [2.05, 4.69) is 10.1 Å². The van der Waals surface area contributed by atoms with Crippen LogP contribution < -0.4 is 4.74 Å². The molecule has 1 saturated heterocycles. The molecular weight excluding hydrogens is 251 g/mol. The second-order valence-electron chi connectivity index (χ2n) is 4.34. The Balaban J connectivity index is 1.94.